The molecule has 3 heterocycles. The number of nitro benzene ring substituents is 1. The van der Waals surface area contributed by atoms with Crippen molar-refractivity contribution in [2.45, 2.75) is 10.1 Å². The molecule has 1 aromatic carbocycles. The van der Waals surface area contributed by atoms with Crippen molar-refractivity contribution in [1.82, 2.24) is 15.0 Å². The highest BCUT2D eigenvalue weighted by Gasteiger charge is 2.27. The van der Waals surface area contributed by atoms with Crippen molar-refractivity contribution in [1.29, 1.82) is 0 Å². The lowest BCUT2D eigenvalue weighted by Gasteiger charge is -2.18. The Bertz CT molecular complexity index is 1080. The van der Waals surface area contributed by atoms with E-state index in [-0.39, 0.29) is 37.2 Å². The molecule has 0 saturated heterocycles. The number of nitro groups is 1. The smallest absolute Gasteiger partial charge is 0.290 e. The average molecular weight is 382 g/mol. The normalized spacial score (nSPS) is 15.5. The second-order valence-corrected chi connectivity index (χ2v) is 6.91. The summed E-state index contributed by atoms with van der Waals surface area (Å²) in [5, 5.41) is 14.5. The fourth-order valence-corrected chi connectivity index (χ4v) is 3.84. The Labute approximate surface area is 146 Å². The predicted octanol–water partition coefficient (Wildman–Crippen LogP) is 3.46. The van der Waals surface area contributed by atoms with Gasteiger partial charge in [-0.15, -0.1) is 0 Å². The van der Waals surface area contributed by atoms with E-state index in [0.29, 0.717) is 11.2 Å². The van der Waals surface area contributed by atoms with Crippen LogP contribution in [0.2, 0.25) is 10.2 Å². The number of halogens is 2. The zero-order chi connectivity index (χ0) is 17.0. The van der Waals surface area contributed by atoms with Crippen LogP contribution in [-0.2, 0) is 10.8 Å². The molecule has 0 saturated carbocycles. The Morgan fingerprint density at radius 3 is 2.58 bits per heavy atom. The van der Waals surface area contributed by atoms with E-state index in [9.17, 15) is 14.3 Å². The van der Waals surface area contributed by atoms with Crippen LogP contribution in [0.3, 0.4) is 0 Å². The van der Waals surface area contributed by atoms with Gasteiger partial charge in [0.25, 0.3) is 5.69 Å². The van der Waals surface area contributed by atoms with Crippen molar-refractivity contribution in [2.75, 3.05) is 5.32 Å². The van der Waals surface area contributed by atoms with Gasteiger partial charge in [0.2, 0.25) is 0 Å². The lowest BCUT2D eigenvalue weighted by Crippen LogP contribution is -2.14. The second kappa shape index (κ2) is 5.33. The summed E-state index contributed by atoms with van der Waals surface area (Å²) in [5.74, 6) is 0.280. The predicted molar refractivity (Wildman–Crippen MR) is 88.4 cm³/mol. The fourth-order valence-electron chi connectivity index (χ4n) is 2.27. The Kier molecular flexibility index (Phi) is 3.37. The van der Waals surface area contributed by atoms with Crippen LogP contribution in [0.15, 0.2) is 34.3 Å². The lowest BCUT2D eigenvalue weighted by atomic mass is 10.2. The van der Waals surface area contributed by atoms with Crippen LogP contribution in [0.1, 0.15) is 0 Å². The van der Waals surface area contributed by atoms with E-state index in [0.717, 1.165) is 0 Å². The second-order valence-electron chi connectivity index (χ2n) is 4.81. The highest BCUT2D eigenvalue weighted by atomic mass is 35.5. The third-order valence-corrected chi connectivity index (χ3v) is 5.14. The monoisotopic (exact) mass is 381 g/mol. The summed E-state index contributed by atoms with van der Waals surface area (Å²) in [6, 6.07) is 5.75. The highest BCUT2D eigenvalue weighted by Crippen LogP contribution is 2.36. The van der Waals surface area contributed by atoms with Crippen LogP contribution in [0, 0.1) is 10.1 Å². The number of pyridine rings is 1. The van der Waals surface area contributed by atoms with E-state index in [2.05, 4.69) is 20.3 Å². The molecule has 1 N–H and O–H groups in total. The SMILES string of the molecule is O=[N+]([O-])c1cc2nc3c(nc2cc1Cl)Nc1ccc(Cl)nc1S3=O. The molecule has 0 spiro atoms. The zero-order valence-corrected chi connectivity index (χ0v) is 13.8. The maximum absolute atomic E-state index is 12.7. The average Bonchev–Trinajstić information content (AvgIpc) is 2.54. The van der Waals surface area contributed by atoms with Crippen LogP contribution >= 0.6 is 23.2 Å². The Morgan fingerprint density at radius 1 is 1.08 bits per heavy atom. The number of hydrogen-bond acceptors (Lipinski definition) is 7. The number of hydrogen-bond donors (Lipinski definition) is 1. The summed E-state index contributed by atoms with van der Waals surface area (Å²) in [6.07, 6.45) is 0. The molecule has 24 heavy (non-hydrogen) atoms. The van der Waals surface area contributed by atoms with Crippen LogP contribution in [0.4, 0.5) is 17.2 Å². The van der Waals surface area contributed by atoms with Gasteiger partial charge in [0.05, 0.1) is 21.6 Å². The molecule has 1 unspecified atom stereocenters. The number of anilines is 2. The maximum Gasteiger partial charge on any atom is 0.290 e. The Morgan fingerprint density at radius 2 is 1.83 bits per heavy atom. The van der Waals surface area contributed by atoms with Crippen molar-refractivity contribution >= 4 is 62.2 Å². The van der Waals surface area contributed by atoms with Crippen molar-refractivity contribution in [3.63, 3.8) is 0 Å². The van der Waals surface area contributed by atoms with Gasteiger partial charge in [-0.05, 0) is 18.2 Å². The van der Waals surface area contributed by atoms with Gasteiger partial charge in [-0.25, -0.2) is 19.2 Å². The first kappa shape index (κ1) is 15.2. The summed E-state index contributed by atoms with van der Waals surface area (Å²) in [4.78, 5) is 23.0. The first-order valence-electron chi connectivity index (χ1n) is 6.45. The van der Waals surface area contributed by atoms with Gasteiger partial charge >= 0.3 is 0 Å². The molecule has 3 aromatic rings. The van der Waals surface area contributed by atoms with E-state index >= 15 is 0 Å². The number of benzene rings is 1. The molecule has 0 aliphatic carbocycles. The summed E-state index contributed by atoms with van der Waals surface area (Å²) in [5.41, 5.74) is 0.770. The minimum absolute atomic E-state index is 0.0486. The minimum atomic E-state index is -1.71. The summed E-state index contributed by atoms with van der Waals surface area (Å²) >= 11 is 11.7. The molecule has 0 amide bonds. The summed E-state index contributed by atoms with van der Waals surface area (Å²) < 4.78 is 12.7. The third-order valence-electron chi connectivity index (χ3n) is 3.33. The molecule has 2 aromatic heterocycles. The summed E-state index contributed by atoms with van der Waals surface area (Å²) in [6.45, 7) is 0. The van der Waals surface area contributed by atoms with Crippen LogP contribution < -0.4 is 5.32 Å². The first-order valence-corrected chi connectivity index (χ1v) is 8.35. The van der Waals surface area contributed by atoms with E-state index < -0.39 is 15.7 Å². The van der Waals surface area contributed by atoms with Gasteiger partial charge in [0.15, 0.2) is 15.9 Å². The van der Waals surface area contributed by atoms with Gasteiger partial charge in [-0.2, -0.15) is 0 Å². The topological polar surface area (TPSA) is 111 Å². The van der Waals surface area contributed by atoms with Crippen molar-refractivity contribution in [2.24, 2.45) is 0 Å². The number of nitrogens with zero attached hydrogens (tertiary/aromatic N) is 4. The van der Waals surface area contributed by atoms with E-state index in [1.807, 2.05) is 0 Å². The summed E-state index contributed by atoms with van der Waals surface area (Å²) in [7, 11) is -1.71. The first-order chi connectivity index (χ1) is 11.4. The molecule has 1 atom stereocenters. The molecule has 11 heteroatoms. The highest BCUT2D eigenvalue weighted by molar-refractivity contribution is 7.85. The number of rotatable bonds is 1. The molecule has 8 nitrogen and oxygen atoms in total. The Balaban J connectivity index is 1.95. The minimum Gasteiger partial charge on any atom is -0.336 e. The molecule has 1 aliphatic heterocycles. The van der Waals surface area contributed by atoms with Gasteiger partial charge in [0, 0.05) is 6.07 Å². The van der Waals surface area contributed by atoms with Crippen LogP contribution in [0.25, 0.3) is 11.0 Å². The maximum atomic E-state index is 12.7. The van der Waals surface area contributed by atoms with Crippen LogP contribution in [0.5, 0.6) is 0 Å². The van der Waals surface area contributed by atoms with E-state index in [1.54, 1.807) is 12.1 Å². The standard InChI is InChI=1S/C13H5Cl2N5O3S/c14-5-3-7-8(4-9(5)20(21)22)18-13-11(17-7)16-6-1-2-10(15)19-12(6)24(13)23/h1-4H,(H,16,17). The lowest BCUT2D eigenvalue weighted by molar-refractivity contribution is -0.384. The Hall–Kier alpha value is -2.36. The molecule has 4 rings (SSSR count). The van der Waals surface area contributed by atoms with Crippen molar-refractivity contribution in [3.8, 4) is 0 Å². The third kappa shape index (κ3) is 2.29. The molecule has 120 valence electrons. The van der Waals surface area contributed by atoms with E-state index in [1.165, 1.54) is 12.1 Å². The van der Waals surface area contributed by atoms with Gasteiger partial charge in [0.1, 0.15) is 21.0 Å². The quantitative estimate of drug-likeness (QED) is 0.305. The molecule has 0 radical (unpaired) electrons. The van der Waals surface area contributed by atoms with Crippen molar-refractivity contribution in [3.05, 3.63) is 44.6 Å². The number of aromatic nitrogens is 3. The van der Waals surface area contributed by atoms with Gasteiger partial charge in [-0.3, -0.25) is 10.1 Å². The fraction of sp³-hybridized carbons (Fsp3) is 0. The van der Waals surface area contributed by atoms with Crippen molar-refractivity contribution < 1.29 is 9.13 Å². The molecule has 1 aliphatic rings. The van der Waals surface area contributed by atoms with Crippen LogP contribution in [-0.4, -0.2) is 24.1 Å². The zero-order valence-electron chi connectivity index (χ0n) is 11.5. The largest absolute Gasteiger partial charge is 0.336 e. The van der Waals surface area contributed by atoms with E-state index in [4.69, 9.17) is 23.2 Å². The molecule has 0 bridgehead atoms. The van der Waals surface area contributed by atoms with Gasteiger partial charge in [-0.1, -0.05) is 23.2 Å². The molecular weight excluding hydrogens is 377 g/mol. The molecular formula is C13H5Cl2N5O3S. The number of fused-ring (bicyclic) bond motifs is 3. The number of nitrogens with one attached hydrogen (secondary N) is 1. The molecule has 0 fully saturated rings. The van der Waals surface area contributed by atoms with Gasteiger partial charge < -0.3 is 5.32 Å².